The van der Waals surface area contributed by atoms with Crippen LogP contribution in [0, 0.1) is 19.3 Å². The molecule has 0 heterocycles. The van der Waals surface area contributed by atoms with Crippen molar-refractivity contribution in [1.82, 2.24) is 0 Å². The Morgan fingerprint density at radius 1 is 0.500 bits per heavy atom. The van der Waals surface area contributed by atoms with E-state index in [4.69, 9.17) is 50.3 Å². The summed E-state index contributed by atoms with van der Waals surface area (Å²) in [5, 5.41) is 63.9. The second-order valence-electron chi connectivity index (χ2n) is 8.09. The van der Waals surface area contributed by atoms with Crippen LogP contribution in [0.1, 0.15) is 0 Å². The molecule has 0 saturated heterocycles. The van der Waals surface area contributed by atoms with Gasteiger partial charge in [-0.25, -0.2) is 9.70 Å². The molecule has 0 aliphatic rings. The Hall–Kier alpha value is -4.40. The summed E-state index contributed by atoms with van der Waals surface area (Å²) < 4.78 is 160. The van der Waals surface area contributed by atoms with Gasteiger partial charge in [-0.05, 0) is 19.8 Å². The van der Waals surface area contributed by atoms with E-state index in [1.807, 2.05) is 0 Å². The number of alkyl halides is 5. The molecule has 52 heavy (non-hydrogen) atoms. The smallest absolute Gasteiger partial charge is 0.376 e. The van der Waals surface area contributed by atoms with E-state index < -0.39 is 103 Å². The fourth-order valence-electron chi connectivity index (χ4n) is 1.88. The van der Waals surface area contributed by atoms with Crippen molar-refractivity contribution in [2.75, 3.05) is 99.2 Å². The normalized spacial score (nSPS) is 12.5. The fourth-order valence-corrected chi connectivity index (χ4v) is 1.88. The van der Waals surface area contributed by atoms with Crippen molar-refractivity contribution in [3.63, 3.8) is 0 Å². The predicted molar refractivity (Wildman–Crippen MR) is 137 cm³/mol. The van der Waals surface area contributed by atoms with Crippen LogP contribution in [0.3, 0.4) is 0 Å². The summed E-state index contributed by atoms with van der Waals surface area (Å²) >= 11 is 0. The molecular formula is C23H41F12O14Rf3-3. The summed E-state index contributed by atoms with van der Waals surface area (Å²) in [5.74, 6) is 0. The van der Waals surface area contributed by atoms with Gasteiger partial charge in [0.25, 0.3) is 0 Å². The van der Waals surface area contributed by atoms with E-state index in [9.17, 15) is 48.3 Å². The van der Waals surface area contributed by atoms with Crippen molar-refractivity contribution in [2.24, 2.45) is 0 Å². The van der Waals surface area contributed by atoms with Gasteiger partial charge in [0.1, 0.15) is 38.2 Å². The molecule has 0 rings (SSSR count). The average molecular weight is 1570 g/mol. The van der Waals surface area contributed by atoms with Gasteiger partial charge in [-0.15, -0.1) is 0 Å². The van der Waals surface area contributed by atoms with Crippen LogP contribution in [-0.2, 0) is 28.4 Å². The molecule has 0 aliphatic carbocycles. The molecule has 29 heteroatoms. The van der Waals surface area contributed by atoms with E-state index in [1.165, 1.54) is 0 Å². The minimum absolute atomic E-state index is 0. The first kappa shape index (κ1) is 65.9. The monoisotopic (exact) mass is 1570 g/mol. The Balaban J connectivity index is -0.0000000831. The molecule has 0 saturated carbocycles. The number of aliphatic hydroxyl groups is 7. The van der Waals surface area contributed by atoms with Crippen LogP contribution in [0.4, 0.5) is 52.8 Å². The van der Waals surface area contributed by atoms with Crippen molar-refractivity contribution in [3.05, 3.63) is 19.3 Å². The third-order valence-electron chi connectivity index (χ3n) is 3.41. The van der Waals surface area contributed by atoms with Crippen molar-refractivity contribution < 1.29 is 122 Å². The molecule has 0 spiro atoms. The Kier molecular flexibility index (Phi) is 56.6. The van der Waals surface area contributed by atoms with Crippen molar-refractivity contribution in [2.45, 2.75) is 30.5 Å². The standard InChI is InChI=1S/C7H11F4O4.C7H12F3O3.C7H14F2O5.C2H3F2O.FHO.3Rf/c8-6(9)3-14-1-5(12)2-15-4-7(10,11)13;8-1-2-12-3-6(11)4-13-5-7(9)10;8-7(9,12)5-14-4-6(11)3-13-2-1-10;3-2(4)1-5;1-2;;;/h5,12-13H,1-4H2;6,11H,1-5H2;6,10-12H,1-5H2;5H,1H2;2H;;;/q2*-1;;-1;;;;. The van der Waals surface area contributed by atoms with Gasteiger partial charge in [0.15, 0.2) is 0 Å². The van der Waals surface area contributed by atoms with Crippen molar-refractivity contribution in [3.8, 4) is 0 Å². The van der Waals surface area contributed by atoms with Gasteiger partial charge in [0.2, 0.25) is 0 Å². The third kappa shape index (κ3) is 80.3. The molecule has 310 valence electrons. The van der Waals surface area contributed by atoms with Crippen LogP contribution in [-0.4, -0.2) is 171 Å². The van der Waals surface area contributed by atoms with E-state index in [2.05, 4.69) is 23.7 Å². The topological polar surface area (TPSA) is 217 Å². The van der Waals surface area contributed by atoms with Crippen LogP contribution >= 0.6 is 0 Å². The Labute approximate surface area is 272 Å². The maximum Gasteiger partial charge on any atom is 0.376 e. The van der Waals surface area contributed by atoms with Gasteiger partial charge in [0.05, 0.1) is 59.5 Å². The van der Waals surface area contributed by atoms with E-state index in [-0.39, 0.29) is 46.2 Å². The second-order valence-corrected chi connectivity index (χ2v) is 8.09. The van der Waals surface area contributed by atoms with Crippen molar-refractivity contribution in [1.29, 1.82) is 0 Å². The third-order valence-corrected chi connectivity index (χ3v) is 3.41. The fraction of sp³-hybridized carbons (Fsp3) is 0.870. The van der Waals surface area contributed by atoms with Gasteiger partial charge >= 0.3 is 12.2 Å². The number of halogens is 12. The molecule has 0 aliphatic heterocycles. The quantitative estimate of drug-likeness (QED) is 0.0353. The summed E-state index contributed by atoms with van der Waals surface area (Å²) in [6.45, 7) is -7.96. The zero-order chi connectivity index (χ0) is 39.3. The van der Waals surface area contributed by atoms with Gasteiger partial charge < -0.3 is 90.5 Å². The SMILES string of the molecule is OC(COCCF)COC[C-](F)F.OC(COC[C-](F)F)COCC(O)(F)F.OCCOCC(O)COCC(O)(F)F.OC[C-](F)F.OF.[Rf].[Rf].[Rf]. The second kappa shape index (κ2) is 44.6. The number of ether oxygens (including phenoxy) is 6. The summed E-state index contributed by atoms with van der Waals surface area (Å²) in [6.07, 6.45) is -16.9. The number of hydrogen-bond acceptors (Lipinski definition) is 14. The molecule has 14 nitrogen and oxygen atoms in total. The summed E-state index contributed by atoms with van der Waals surface area (Å²) in [7, 11) is 0. The van der Waals surface area contributed by atoms with Gasteiger partial charge in [-0.2, -0.15) is 17.6 Å². The van der Waals surface area contributed by atoms with Crippen molar-refractivity contribution >= 4 is 0 Å². The van der Waals surface area contributed by atoms with Crippen LogP contribution in [0.2, 0.25) is 0 Å². The van der Waals surface area contributed by atoms with E-state index in [0.29, 0.717) is 0 Å². The molecule has 0 aromatic carbocycles. The minimum atomic E-state index is -3.97. The van der Waals surface area contributed by atoms with Gasteiger partial charge in [-0.1, -0.05) is 4.53 Å². The molecular weight excluding hydrogens is 1530 g/mol. The zero-order valence-electron chi connectivity index (χ0n) is 27.5. The molecule has 0 amide bonds. The molecule has 0 aromatic rings. The van der Waals surface area contributed by atoms with Crippen LogP contribution in [0.25, 0.3) is 0 Å². The number of hydrogen-bond donors (Lipinski definition) is 8. The first-order valence-corrected chi connectivity index (χ1v) is 12.9. The van der Waals surface area contributed by atoms with Crippen LogP contribution < -0.4 is 0 Å². The summed E-state index contributed by atoms with van der Waals surface area (Å²) in [4.78, 5) is 0. The van der Waals surface area contributed by atoms with Gasteiger partial charge in [-0.3, -0.25) is 0 Å². The Morgan fingerprint density at radius 2 is 0.769 bits per heavy atom. The van der Waals surface area contributed by atoms with E-state index in [1.54, 1.807) is 0 Å². The summed E-state index contributed by atoms with van der Waals surface area (Å²) in [6, 6.07) is 0. The molecule has 3 atom stereocenters. The first-order chi connectivity index (χ1) is 22.7. The molecule has 0 aromatic heterocycles. The van der Waals surface area contributed by atoms with Crippen LogP contribution in [0.5, 0.6) is 0 Å². The van der Waals surface area contributed by atoms with Gasteiger partial charge in [0, 0.05) is 19.3 Å². The molecule has 0 bridgehead atoms. The zero-order valence-corrected chi connectivity index (χ0v) is 46.7. The van der Waals surface area contributed by atoms with E-state index >= 15 is 0 Å². The maximum atomic E-state index is 11.8. The Morgan fingerprint density at radius 3 is 1.00 bits per heavy atom. The Bertz CT molecular complexity index is 645. The predicted octanol–water partition coefficient (Wildman–Crippen LogP) is 0.401. The molecule has 8 N–H and O–H groups in total. The average Bonchev–Trinajstić information content (AvgIpc) is 2.98. The largest absolute Gasteiger partial charge is 0.423 e. The summed E-state index contributed by atoms with van der Waals surface area (Å²) in [5.41, 5.74) is 0. The molecule has 3 unspecified atom stereocenters. The minimum Gasteiger partial charge on any atom is -0.423 e. The molecule has 0 radical (unpaired) electrons. The van der Waals surface area contributed by atoms with E-state index in [0.717, 1.165) is 0 Å². The molecule has 0 fully saturated rings. The maximum absolute atomic E-state index is 11.8. The van der Waals surface area contributed by atoms with Crippen LogP contribution in [0.15, 0.2) is 0 Å². The number of aliphatic hydroxyl groups excluding tert-OH is 5. The first-order valence-electron chi connectivity index (χ1n) is 12.9. The number of rotatable bonds is 25.